The van der Waals surface area contributed by atoms with E-state index < -0.39 is 11.9 Å². The second-order valence-electron chi connectivity index (χ2n) is 4.44. The second-order valence-corrected chi connectivity index (χ2v) is 5.65. The maximum atomic E-state index is 9.10. The Morgan fingerprint density at radius 2 is 1.68 bits per heavy atom. The van der Waals surface area contributed by atoms with Crippen LogP contribution in [-0.2, 0) is 9.59 Å². The fraction of sp³-hybridized carbons (Fsp3) is 0.429. The molecule has 2 heterocycles. The molecule has 0 aromatic carbocycles. The number of carboxylic acid groups (broad SMARTS) is 2. The first-order valence-electron chi connectivity index (χ1n) is 6.75. The molecule has 0 saturated heterocycles. The van der Waals surface area contributed by atoms with Gasteiger partial charge in [-0.15, -0.1) is 11.3 Å². The molecule has 0 fully saturated rings. The summed E-state index contributed by atoms with van der Waals surface area (Å²) in [5, 5.41) is 16.0. The summed E-state index contributed by atoms with van der Waals surface area (Å²) in [5.74, 6) is -2.57. The van der Waals surface area contributed by atoms with Crippen LogP contribution in [0.4, 0.5) is 5.82 Å². The molecule has 2 aromatic rings. The van der Waals surface area contributed by atoms with Crippen molar-refractivity contribution in [2.24, 2.45) is 0 Å². The molecule has 0 radical (unpaired) electrons. The number of aromatic nitrogens is 2. The van der Waals surface area contributed by atoms with Gasteiger partial charge in [-0.2, -0.15) is 0 Å². The van der Waals surface area contributed by atoms with E-state index in [0.29, 0.717) is 0 Å². The molecule has 0 saturated carbocycles. The fourth-order valence-corrected chi connectivity index (χ4v) is 2.92. The summed E-state index contributed by atoms with van der Waals surface area (Å²) in [5.41, 5.74) is 1.32. The van der Waals surface area contributed by atoms with E-state index in [1.807, 2.05) is 0 Å². The van der Waals surface area contributed by atoms with E-state index in [4.69, 9.17) is 19.8 Å². The highest BCUT2D eigenvalue weighted by atomic mass is 32.1. The molecule has 120 valence electrons. The SMILES string of the molecule is CCN(CC)c1ncnc2sc(C)c(C)c12.O=C(O)C(=O)O. The molecule has 0 spiro atoms. The molecule has 22 heavy (non-hydrogen) atoms. The van der Waals surface area contributed by atoms with Gasteiger partial charge in [-0.25, -0.2) is 19.6 Å². The van der Waals surface area contributed by atoms with Crippen LogP contribution < -0.4 is 4.90 Å². The van der Waals surface area contributed by atoms with Crippen molar-refractivity contribution in [2.75, 3.05) is 18.0 Å². The summed E-state index contributed by atoms with van der Waals surface area (Å²) in [4.78, 5) is 31.7. The smallest absolute Gasteiger partial charge is 0.414 e. The third-order valence-electron chi connectivity index (χ3n) is 3.19. The van der Waals surface area contributed by atoms with Gasteiger partial charge < -0.3 is 15.1 Å². The highest BCUT2D eigenvalue weighted by molar-refractivity contribution is 7.18. The van der Waals surface area contributed by atoms with Crippen molar-refractivity contribution >= 4 is 39.3 Å². The highest BCUT2D eigenvalue weighted by Crippen LogP contribution is 2.33. The highest BCUT2D eigenvalue weighted by Gasteiger charge is 2.14. The van der Waals surface area contributed by atoms with Crippen LogP contribution in [0.2, 0.25) is 0 Å². The van der Waals surface area contributed by atoms with Crippen LogP contribution >= 0.6 is 11.3 Å². The van der Waals surface area contributed by atoms with Crippen molar-refractivity contribution in [3.05, 3.63) is 16.8 Å². The van der Waals surface area contributed by atoms with Gasteiger partial charge in [-0.3, -0.25) is 0 Å². The molecule has 2 N–H and O–H groups in total. The number of anilines is 1. The van der Waals surface area contributed by atoms with Crippen LogP contribution in [-0.4, -0.2) is 45.2 Å². The Hall–Kier alpha value is -2.22. The quantitative estimate of drug-likeness (QED) is 0.834. The Morgan fingerprint density at radius 1 is 1.14 bits per heavy atom. The number of aliphatic carboxylic acids is 2. The molecule has 0 aliphatic rings. The zero-order chi connectivity index (χ0) is 16.9. The van der Waals surface area contributed by atoms with Crippen LogP contribution in [0.3, 0.4) is 0 Å². The molecule has 0 atom stereocenters. The van der Waals surface area contributed by atoms with E-state index in [1.165, 1.54) is 15.8 Å². The van der Waals surface area contributed by atoms with Crippen molar-refractivity contribution in [3.63, 3.8) is 0 Å². The van der Waals surface area contributed by atoms with Gasteiger partial charge in [0.2, 0.25) is 0 Å². The fourth-order valence-electron chi connectivity index (χ4n) is 1.93. The molecular formula is C14H19N3O4S. The molecule has 0 unspecified atom stereocenters. The molecule has 8 heteroatoms. The van der Waals surface area contributed by atoms with Gasteiger partial charge in [0.1, 0.15) is 17.0 Å². The third-order valence-corrected chi connectivity index (χ3v) is 4.31. The first-order chi connectivity index (χ1) is 10.3. The maximum absolute atomic E-state index is 9.10. The minimum absolute atomic E-state index is 0.983. The van der Waals surface area contributed by atoms with E-state index >= 15 is 0 Å². The van der Waals surface area contributed by atoms with E-state index in [2.05, 4.69) is 42.6 Å². The normalized spacial score (nSPS) is 10.0. The number of carbonyl (C=O) groups is 2. The zero-order valence-electron chi connectivity index (χ0n) is 13.0. The lowest BCUT2D eigenvalue weighted by atomic mass is 10.2. The minimum Gasteiger partial charge on any atom is -0.473 e. The van der Waals surface area contributed by atoms with Gasteiger partial charge in [-0.1, -0.05) is 0 Å². The van der Waals surface area contributed by atoms with Crippen LogP contribution in [0.15, 0.2) is 6.33 Å². The number of fused-ring (bicyclic) bond motifs is 1. The average Bonchev–Trinajstić information content (AvgIpc) is 2.77. The predicted octanol–water partition coefficient (Wildman–Crippen LogP) is 2.31. The Morgan fingerprint density at radius 3 is 2.14 bits per heavy atom. The van der Waals surface area contributed by atoms with E-state index in [-0.39, 0.29) is 0 Å². The summed E-state index contributed by atoms with van der Waals surface area (Å²) < 4.78 is 0. The van der Waals surface area contributed by atoms with Crippen LogP contribution in [0.25, 0.3) is 10.2 Å². The summed E-state index contributed by atoms with van der Waals surface area (Å²) in [7, 11) is 0. The van der Waals surface area contributed by atoms with E-state index in [1.54, 1.807) is 17.7 Å². The Balaban J connectivity index is 0.000000346. The minimum atomic E-state index is -1.82. The largest absolute Gasteiger partial charge is 0.473 e. The Kier molecular flexibility index (Phi) is 6.24. The zero-order valence-corrected chi connectivity index (χ0v) is 13.8. The van der Waals surface area contributed by atoms with Gasteiger partial charge in [-0.05, 0) is 33.3 Å². The Bertz CT molecular complexity index is 668. The Labute approximate surface area is 132 Å². The molecular weight excluding hydrogens is 306 g/mol. The van der Waals surface area contributed by atoms with Crippen molar-refractivity contribution in [1.82, 2.24) is 9.97 Å². The topological polar surface area (TPSA) is 104 Å². The molecule has 0 bridgehead atoms. The van der Waals surface area contributed by atoms with Gasteiger partial charge in [0.05, 0.1) is 5.39 Å². The number of carboxylic acids is 2. The van der Waals surface area contributed by atoms with Crippen molar-refractivity contribution in [1.29, 1.82) is 0 Å². The number of nitrogens with zero attached hydrogens (tertiary/aromatic N) is 3. The molecule has 2 aromatic heterocycles. The van der Waals surface area contributed by atoms with Gasteiger partial charge in [0.15, 0.2) is 0 Å². The summed E-state index contributed by atoms with van der Waals surface area (Å²) in [6, 6.07) is 0. The number of aryl methyl sites for hydroxylation is 2. The number of thiophene rings is 1. The number of hydrogen-bond donors (Lipinski definition) is 2. The lowest BCUT2D eigenvalue weighted by molar-refractivity contribution is -0.159. The number of hydrogen-bond acceptors (Lipinski definition) is 6. The predicted molar refractivity (Wildman–Crippen MR) is 85.7 cm³/mol. The van der Waals surface area contributed by atoms with Crippen molar-refractivity contribution < 1.29 is 19.8 Å². The van der Waals surface area contributed by atoms with E-state index in [0.717, 1.165) is 23.7 Å². The molecule has 0 aliphatic heterocycles. The third kappa shape index (κ3) is 3.91. The van der Waals surface area contributed by atoms with Gasteiger partial charge in [0, 0.05) is 18.0 Å². The summed E-state index contributed by atoms with van der Waals surface area (Å²) >= 11 is 1.75. The second kappa shape index (κ2) is 7.69. The summed E-state index contributed by atoms with van der Waals surface area (Å²) in [6.45, 7) is 10.6. The standard InChI is InChI=1S/C12H17N3S.C2H2O4/c1-5-15(6-2)11-10-8(3)9(4)16-12(10)14-7-13-11;3-1(4)2(5)6/h7H,5-6H2,1-4H3;(H,3,4)(H,5,6). The molecule has 2 rings (SSSR count). The maximum Gasteiger partial charge on any atom is 0.414 e. The number of rotatable bonds is 3. The average molecular weight is 325 g/mol. The van der Waals surface area contributed by atoms with Crippen LogP contribution in [0.5, 0.6) is 0 Å². The first kappa shape index (κ1) is 17.8. The van der Waals surface area contributed by atoms with E-state index in [9.17, 15) is 0 Å². The van der Waals surface area contributed by atoms with Crippen molar-refractivity contribution in [2.45, 2.75) is 27.7 Å². The lowest BCUT2D eigenvalue weighted by Gasteiger charge is -2.20. The molecule has 0 amide bonds. The van der Waals surface area contributed by atoms with Gasteiger partial charge in [0.25, 0.3) is 0 Å². The van der Waals surface area contributed by atoms with Gasteiger partial charge >= 0.3 is 11.9 Å². The van der Waals surface area contributed by atoms with Crippen LogP contribution in [0.1, 0.15) is 24.3 Å². The van der Waals surface area contributed by atoms with Crippen LogP contribution in [0, 0.1) is 13.8 Å². The summed E-state index contributed by atoms with van der Waals surface area (Å²) in [6.07, 6.45) is 1.67. The molecule has 0 aliphatic carbocycles. The lowest BCUT2D eigenvalue weighted by Crippen LogP contribution is -2.23. The monoisotopic (exact) mass is 325 g/mol. The first-order valence-corrected chi connectivity index (χ1v) is 7.56. The van der Waals surface area contributed by atoms with Crippen molar-refractivity contribution in [3.8, 4) is 0 Å². The molecule has 7 nitrogen and oxygen atoms in total.